The first-order chi connectivity index (χ1) is 8.34. The SMILES string of the molecule is ClC1CC[C@H](COCCCCc2nnn[nH]2)C1. The van der Waals surface area contributed by atoms with Gasteiger partial charge in [-0.25, -0.2) is 5.10 Å². The van der Waals surface area contributed by atoms with Crippen LogP contribution in [0.15, 0.2) is 0 Å². The second-order valence-corrected chi connectivity index (χ2v) is 5.27. The Bertz CT molecular complexity index is 306. The lowest BCUT2D eigenvalue weighted by atomic mass is 10.1. The lowest BCUT2D eigenvalue weighted by Gasteiger charge is -2.09. The van der Waals surface area contributed by atoms with Crippen molar-refractivity contribution in [3.63, 3.8) is 0 Å². The second kappa shape index (κ2) is 6.91. The van der Waals surface area contributed by atoms with Gasteiger partial charge in [0.2, 0.25) is 0 Å². The Hall–Kier alpha value is -0.680. The molecule has 0 radical (unpaired) electrons. The summed E-state index contributed by atoms with van der Waals surface area (Å²) in [5.74, 6) is 1.53. The van der Waals surface area contributed by atoms with Gasteiger partial charge in [-0.3, -0.25) is 0 Å². The van der Waals surface area contributed by atoms with Gasteiger partial charge in [0.1, 0.15) is 5.82 Å². The summed E-state index contributed by atoms with van der Waals surface area (Å²) in [6.45, 7) is 1.69. The number of unbranched alkanes of at least 4 members (excludes halogenated alkanes) is 1. The average molecular weight is 259 g/mol. The molecule has 2 atom stereocenters. The Morgan fingerprint density at radius 3 is 3.00 bits per heavy atom. The summed E-state index contributed by atoms with van der Waals surface area (Å²) in [5.41, 5.74) is 0. The van der Waals surface area contributed by atoms with Gasteiger partial charge in [0.05, 0.1) is 0 Å². The number of nitrogens with zero attached hydrogens (tertiary/aromatic N) is 3. The number of aromatic amines is 1. The van der Waals surface area contributed by atoms with E-state index in [0.717, 1.165) is 51.1 Å². The number of alkyl halides is 1. The van der Waals surface area contributed by atoms with Crippen LogP contribution in [0.25, 0.3) is 0 Å². The van der Waals surface area contributed by atoms with Crippen molar-refractivity contribution in [2.45, 2.75) is 43.9 Å². The highest BCUT2D eigenvalue weighted by atomic mass is 35.5. The Morgan fingerprint density at radius 2 is 2.29 bits per heavy atom. The molecule has 0 saturated heterocycles. The lowest BCUT2D eigenvalue weighted by Crippen LogP contribution is -2.07. The van der Waals surface area contributed by atoms with Crippen molar-refractivity contribution in [2.75, 3.05) is 13.2 Å². The highest BCUT2D eigenvalue weighted by Crippen LogP contribution is 2.29. The maximum atomic E-state index is 6.05. The Kier molecular flexibility index (Phi) is 5.19. The molecule has 1 fully saturated rings. The molecule has 96 valence electrons. The van der Waals surface area contributed by atoms with Crippen LogP contribution in [0.3, 0.4) is 0 Å². The van der Waals surface area contributed by atoms with Crippen LogP contribution in [0.2, 0.25) is 0 Å². The van der Waals surface area contributed by atoms with Gasteiger partial charge in [0, 0.05) is 25.0 Å². The maximum Gasteiger partial charge on any atom is 0.148 e. The molecule has 0 spiro atoms. The number of nitrogens with one attached hydrogen (secondary N) is 1. The summed E-state index contributed by atoms with van der Waals surface area (Å²) in [5, 5.41) is 14.0. The van der Waals surface area contributed by atoms with Crippen LogP contribution < -0.4 is 0 Å². The van der Waals surface area contributed by atoms with E-state index in [0.29, 0.717) is 11.3 Å². The first kappa shape index (κ1) is 12.8. The van der Waals surface area contributed by atoms with Gasteiger partial charge in [-0.2, -0.15) is 0 Å². The Labute approximate surface area is 106 Å². The highest BCUT2D eigenvalue weighted by Gasteiger charge is 2.22. The van der Waals surface area contributed by atoms with Gasteiger partial charge in [0.25, 0.3) is 0 Å². The molecule has 1 saturated carbocycles. The summed E-state index contributed by atoms with van der Waals surface area (Å²) in [7, 11) is 0. The van der Waals surface area contributed by atoms with E-state index in [1.54, 1.807) is 0 Å². The monoisotopic (exact) mass is 258 g/mol. The van der Waals surface area contributed by atoms with Crippen LogP contribution in [0, 0.1) is 5.92 Å². The smallest absolute Gasteiger partial charge is 0.148 e. The molecule has 5 nitrogen and oxygen atoms in total. The van der Waals surface area contributed by atoms with Crippen molar-refractivity contribution in [2.24, 2.45) is 5.92 Å². The van der Waals surface area contributed by atoms with Gasteiger partial charge < -0.3 is 4.74 Å². The third-order valence-electron chi connectivity index (χ3n) is 3.17. The number of aryl methyl sites for hydroxylation is 1. The van der Waals surface area contributed by atoms with Gasteiger partial charge in [-0.1, -0.05) is 0 Å². The van der Waals surface area contributed by atoms with Gasteiger partial charge in [-0.15, -0.1) is 16.7 Å². The predicted molar refractivity (Wildman–Crippen MR) is 64.9 cm³/mol. The van der Waals surface area contributed by atoms with Crippen molar-refractivity contribution in [3.8, 4) is 0 Å². The minimum atomic E-state index is 0.377. The number of halogens is 1. The van der Waals surface area contributed by atoms with Crippen molar-refractivity contribution >= 4 is 11.6 Å². The first-order valence-corrected chi connectivity index (χ1v) is 6.72. The molecule has 17 heavy (non-hydrogen) atoms. The largest absolute Gasteiger partial charge is 0.381 e. The van der Waals surface area contributed by atoms with Crippen LogP contribution >= 0.6 is 11.6 Å². The molecule has 1 heterocycles. The Morgan fingerprint density at radius 1 is 1.35 bits per heavy atom. The third kappa shape index (κ3) is 4.60. The van der Waals surface area contributed by atoms with E-state index < -0.39 is 0 Å². The fourth-order valence-electron chi connectivity index (χ4n) is 2.20. The topological polar surface area (TPSA) is 63.7 Å². The van der Waals surface area contributed by atoms with Crippen molar-refractivity contribution in [3.05, 3.63) is 5.82 Å². The quantitative estimate of drug-likeness (QED) is 0.600. The third-order valence-corrected chi connectivity index (χ3v) is 3.57. The molecule has 0 aromatic carbocycles. The van der Waals surface area contributed by atoms with Crippen molar-refractivity contribution < 1.29 is 4.74 Å². The molecule has 1 N–H and O–H groups in total. The number of rotatable bonds is 7. The van der Waals surface area contributed by atoms with Crippen molar-refractivity contribution in [1.29, 1.82) is 0 Å². The highest BCUT2D eigenvalue weighted by molar-refractivity contribution is 6.20. The standard InChI is InChI=1S/C11H19ClN4O/c12-10-5-4-9(7-10)8-17-6-2-1-3-11-13-15-16-14-11/h9-10H,1-8H2,(H,13,14,15,16)/t9-,10?/m0/s1. The number of H-pyrrole nitrogens is 1. The molecule has 1 aromatic heterocycles. The molecule has 1 aliphatic carbocycles. The molecule has 1 aromatic rings. The van der Waals surface area contributed by atoms with Crippen LogP contribution in [-0.4, -0.2) is 39.2 Å². The summed E-state index contributed by atoms with van der Waals surface area (Å²) in [6.07, 6.45) is 6.48. The summed E-state index contributed by atoms with van der Waals surface area (Å²) >= 11 is 6.05. The molecule has 0 amide bonds. The number of tetrazole rings is 1. The predicted octanol–water partition coefficient (Wildman–Crippen LogP) is 1.95. The number of hydrogen-bond acceptors (Lipinski definition) is 4. The summed E-state index contributed by atoms with van der Waals surface area (Å²) in [6, 6.07) is 0. The van der Waals surface area contributed by atoms with Gasteiger partial charge >= 0.3 is 0 Å². The lowest BCUT2D eigenvalue weighted by molar-refractivity contribution is 0.0983. The zero-order chi connectivity index (χ0) is 11.9. The first-order valence-electron chi connectivity index (χ1n) is 6.29. The number of hydrogen-bond donors (Lipinski definition) is 1. The van der Waals surface area contributed by atoms with Gasteiger partial charge in [0.15, 0.2) is 0 Å². The summed E-state index contributed by atoms with van der Waals surface area (Å²) < 4.78 is 5.66. The zero-order valence-electron chi connectivity index (χ0n) is 9.94. The molecular weight excluding hydrogens is 240 g/mol. The van der Waals surface area contributed by atoms with E-state index in [1.165, 1.54) is 6.42 Å². The van der Waals surface area contributed by atoms with Crippen LogP contribution in [0.1, 0.15) is 37.9 Å². The van der Waals surface area contributed by atoms with Crippen molar-refractivity contribution in [1.82, 2.24) is 20.6 Å². The van der Waals surface area contributed by atoms with Crippen LogP contribution in [0.5, 0.6) is 0 Å². The number of aromatic nitrogens is 4. The maximum absolute atomic E-state index is 6.05. The second-order valence-electron chi connectivity index (χ2n) is 4.66. The van der Waals surface area contributed by atoms with E-state index in [9.17, 15) is 0 Å². The fourth-order valence-corrected chi connectivity index (χ4v) is 2.57. The molecule has 2 rings (SSSR count). The zero-order valence-corrected chi connectivity index (χ0v) is 10.7. The minimum absolute atomic E-state index is 0.377. The summed E-state index contributed by atoms with van der Waals surface area (Å²) in [4.78, 5) is 0. The van der Waals surface area contributed by atoms with Gasteiger partial charge in [-0.05, 0) is 48.4 Å². The Balaban J connectivity index is 1.44. The van der Waals surface area contributed by atoms with E-state index in [4.69, 9.17) is 16.3 Å². The van der Waals surface area contributed by atoms with E-state index in [-0.39, 0.29) is 0 Å². The van der Waals surface area contributed by atoms with E-state index >= 15 is 0 Å². The molecule has 1 unspecified atom stereocenters. The molecule has 0 aliphatic heterocycles. The normalized spacial score (nSPS) is 24.3. The van der Waals surface area contributed by atoms with E-state index in [1.807, 2.05) is 0 Å². The van der Waals surface area contributed by atoms with E-state index in [2.05, 4.69) is 20.6 Å². The molecule has 0 bridgehead atoms. The fraction of sp³-hybridized carbons (Fsp3) is 0.909. The van der Waals surface area contributed by atoms with Crippen LogP contribution in [-0.2, 0) is 11.2 Å². The molecule has 1 aliphatic rings. The van der Waals surface area contributed by atoms with Crippen LogP contribution in [0.4, 0.5) is 0 Å². The molecule has 6 heteroatoms. The number of ether oxygens (including phenoxy) is 1. The molecular formula is C11H19ClN4O. The average Bonchev–Trinajstić information content (AvgIpc) is 2.95. The minimum Gasteiger partial charge on any atom is -0.381 e.